The molecule has 3 nitrogen and oxygen atoms in total. The van der Waals surface area contributed by atoms with E-state index in [1.54, 1.807) is 0 Å². The van der Waals surface area contributed by atoms with Gasteiger partial charge in [-0.1, -0.05) is 39.5 Å². The Morgan fingerprint density at radius 2 is 2.06 bits per heavy atom. The summed E-state index contributed by atoms with van der Waals surface area (Å²) in [6.07, 6.45) is 7.22. The molecule has 1 rings (SSSR count). The number of hydrogen-bond acceptors (Lipinski definition) is 3. The van der Waals surface area contributed by atoms with Crippen molar-refractivity contribution in [3.05, 3.63) is 0 Å². The van der Waals surface area contributed by atoms with E-state index in [2.05, 4.69) is 24.5 Å². The topological polar surface area (TPSA) is 33.3 Å². The molecule has 1 fully saturated rings. The van der Waals surface area contributed by atoms with E-state index in [0.717, 1.165) is 38.7 Å². The summed E-state index contributed by atoms with van der Waals surface area (Å²) in [7, 11) is 0. The molecule has 0 aromatic rings. The number of nitrogens with one attached hydrogen (secondary N) is 2. The first kappa shape index (κ1) is 14.9. The maximum atomic E-state index is 5.62. The predicted molar refractivity (Wildman–Crippen MR) is 73.4 cm³/mol. The summed E-state index contributed by atoms with van der Waals surface area (Å²) in [6, 6.07) is 0. The van der Waals surface area contributed by atoms with Crippen molar-refractivity contribution >= 4 is 0 Å². The smallest absolute Gasteiger partial charge is 0.0824 e. The average Bonchev–Trinajstić information content (AvgIpc) is 2.33. The average molecular weight is 242 g/mol. The van der Waals surface area contributed by atoms with Gasteiger partial charge in [0.1, 0.15) is 0 Å². The summed E-state index contributed by atoms with van der Waals surface area (Å²) < 4.78 is 5.62. The van der Waals surface area contributed by atoms with Crippen LogP contribution < -0.4 is 10.6 Å². The second kappa shape index (κ2) is 9.86. The van der Waals surface area contributed by atoms with Crippen molar-refractivity contribution in [2.24, 2.45) is 5.92 Å². The fourth-order valence-corrected chi connectivity index (χ4v) is 2.17. The van der Waals surface area contributed by atoms with Crippen LogP contribution in [-0.4, -0.2) is 38.9 Å². The minimum Gasteiger partial charge on any atom is -0.374 e. The molecule has 0 saturated carbocycles. The second-order valence-electron chi connectivity index (χ2n) is 5.50. The standard InChI is InChI=1S/C14H30N2O/c1-13(2)7-5-3-4-6-8-15-11-14-12-16-9-10-17-14/h13-16H,3-12H2,1-2H3. The summed E-state index contributed by atoms with van der Waals surface area (Å²) in [4.78, 5) is 0. The van der Waals surface area contributed by atoms with Gasteiger partial charge in [0.2, 0.25) is 0 Å². The van der Waals surface area contributed by atoms with E-state index in [1.165, 1.54) is 32.1 Å². The van der Waals surface area contributed by atoms with Gasteiger partial charge in [0, 0.05) is 19.6 Å². The van der Waals surface area contributed by atoms with Crippen molar-refractivity contribution in [2.75, 3.05) is 32.8 Å². The number of morpholine rings is 1. The van der Waals surface area contributed by atoms with Gasteiger partial charge in [-0.2, -0.15) is 0 Å². The minimum absolute atomic E-state index is 0.379. The lowest BCUT2D eigenvalue weighted by Gasteiger charge is -2.23. The van der Waals surface area contributed by atoms with Gasteiger partial charge in [0.05, 0.1) is 12.7 Å². The Morgan fingerprint density at radius 3 is 2.76 bits per heavy atom. The first-order valence-electron chi connectivity index (χ1n) is 7.32. The van der Waals surface area contributed by atoms with Crippen LogP contribution >= 0.6 is 0 Å². The van der Waals surface area contributed by atoms with Crippen LogP contribution in [0.15, 0.2) is 0 Å². The Hall–Kier alpha value is -0.120. The van der Waals surface area contributed by atoms with E-state index in [1.807, 2.05) is 0 Å². The summed E-state index contributed by atoms with van der Waals surface area (Å²) in [6.45, 7) is 9.62. The number of unbranched alkanes of at least 4 members (excludes halogenated alkanes) is 3. The van der Waals surface area contributed by atoms with Crippen LogP contribution in [0, 0.1) is 5.92 Å². The zero-order chi connectivity index (χ0) is 12.3. The van der Waals surface area contributed by atoms with Crippen molar-refractivity contribution in [3.63, 3.8) is 0 Å². The maximum Gasteiger partial charge on any atom is 0.0824 e. The van der Waals surface area contributed by atoms with Crippen molar-refractivity contribution in [3.8, 4) is 0 Å². The van der Waals surface area contributed by atoms with Gasteiger partial charge in [-0.3, -0.25) is 0 Å². The largest absolute Gasteiger partial charge is 0.374 e. The molecule has 17 heavy (non-hydrogen) atoms. The van der Waals surface area contributed by atoms with E-state index < -0.39 is 0 Å². The van der Waals surface area contributed by atoms with Gasteiger partial charge in [0.15, 0.2) is 0 Å². The Kier molecular flexibility index (Phi) is 8.67. The summed E-state index contributed by atoms with van der Waals surface area (Å²) >= 11 is 0. The molecule has 0 aromatic carbocycles. The Balaban J connectivity index is 1.78. The molecule has 1 saturated heterocycles. The monoisotopic (exact) mass is 242 g/mol. The highest BCUT2D eigenvalue weighted by Crippen LogP contribution is 2.08. The Morgan fingerprint density at radius 1 is 1.24 bits per heavy atom. The fourth-order valence-electron chi connectivity index (χ4n) is 2.17. The summed E-state index contributed by atoms with van der Waals surface area (Å²) in [5.74, 6) is 0.865. The third kappa shape index (κ3) is 8.58. The second-order valence-corrected chi connectivity index (χ2v) is 5.50. The number of hydrogen-bond donors (Lipinski definition) is 2. The molecule has 0 aliphatic carbocycles. The highest BCUT2D eigenvalue weighted by Gasteiger charge is 2.11. The van der Waals surface area contributed by atoms with E-state index in [-0.39, 0.29) is 0 Å². The molecule has 1 aliphatic rings. The highest BCUT2D eigenvalue weighted by molar-refractivity contribution is 4.69. The Labute approximate surface area is 107 Å². The van der Waals surface area contributed by atoms with E-state index in [0.29, 0.717) is 6.10 Å². The van der Waals surface area contributed by atoms with Crippen LogP contribution in [0.1, 0.15) is 46.0 Å². The molecule has 102 valence electrons. The summed E-state index contributed by atoms with van der Waals surface area (Å²) in [5.41, 5.74) is 0. The van der Waals surface area contributed by atoms with Gasteiger partial charge in [-0.15, -0.1) is 0 Å². The Bertz CT molecular complexity index is 168. The lowest BCUT2D eigenvalue weighted by molar-refractivity contribution is 0.0293. The normalized spacial score (nSPS) is 21.0. The fraction of sp³-hybridized carbons (Fsp3) is 1.00. The van der Waals surface area contributed by atoms with Crippen molar-refractivity contribution < 1.29 is 4.74 Å². The lowest BCUT2D eigenvalue weighted by atomic mass is 10.0. The molecule has 0 spiro atoms. The third-order valence-corrected chi connectivity index (χ3v) is 3.26. The van der Waals surface area contributed by atoms with Crippen LogP contribution in [0.5, 0.6) is 0 Å². The quantitative estimate of drug-likeness (QED) is 0.608. The molecule has 0 radical (unpaired) electrons. The van der Waals surface area contributed by atoms with E-state index in [9.17, 15) is 0 Å². The van der Waals surface area contributed by atoms with Gasteiger partial charge in [-0.25, -0.2) is 0 Å². The molecule has 0 bridgehead atoms. The van der Waals surface area contributed by atoms with Crippen molar-refractivity contribution in [1.82, 2.24) is 10.6 Å². The molecule has 1 atom stereocenters. The van der Waals surface area contributed by atoms with Gasteiger partial charge in [-0.05, 0) is 18.9 Å². The third-order valence-electron chi connectivity index (χ3n) is 3.26. The molecule has 2 N–H and O–H groups in total. The first-order chi connectivity index (χ1) is 8.29. The van der Waals surface area contributed by atoms with Crippen LogP contribution in [0.2, 0.25) is 0 Å². The van der Waals surface area contributed by atoms with Gasteiger partial charge in [0.25, 0.3) is 0 Å². The van der Waals surface area contributed by atoms with Gasteiger partial charge < -0.3 is 15.4 Å². The highest BCUT2D eigenvalue weighted by atomic mass is 16.5. The summed E-state index contributed by atoms with van der Waals surface area (Å²) in [5, 5.41) is 6.84. The maximum absolute atomic E-state index is 5.62. The number of ether oxygens (including phenoxy) is 1. The molecular weight excluding hydrogens is 212 g/mol. The van der Waals surface area contributed by atoms with Crippen LogP contribution in [0.3, 0.4) is 0 Å². The molecule has 0 amide bonds. The van der Waals surface area contributed by atoms with E-state index in [4.69, 9.17) is 4.74 Å². The zero-order valence-electron chi connectivity index (χ0n) is 11.6. The predicted octanol–water partition coefficient (Wildman–Crippen LogP) is 2.17. The number of rotatable bonds is 9. The van der Waals surface area contributed by atoms with Crippen LogP contribution in [0.4, 0.5) is 0 Å². The van der Waals surface area contributed by atoms with Crippen LogP contribution in [-0.2, 0) is 4.74 Å². The molecule has 0 aromatic heterocycles. The lowest BCUT2D eigenvalue weighted by Crippen LogP contribution is -2.44. The zero-order valence-corrected chi connectivity index (χ0v) is 11.6. The molecule has 3 heteroatoms. The van der Waals surface area contributed by atoms with Crippen LogP contribution in [0.25, 0.3) is 0 Å². The first-order valence-corrected chi connectivity index (χ1v) is 7.32. The molecular formula is C14H30N2O. The minimum atomic E-state index is 0.379. The van der Waals surface area contributed by atoms with E-state index >= 15 is 0 Å². The van der Waals surface area contributed by atoms with Crippen molar-refractivity contribution in [1.29, 1.82) is 0 Å². The molecule has 1 aliphatic heterocycles. The SMILES string of the molecule is CC(C)CCCCCCNCC1CNCCO1. The van der Waals surface area contributed by atoms with Gasteiger partial charge >= 0.3 is 0 Å². The molecule has 1 unspecified atom stereocenters. The van der Waals surface area contributed by atoms with Crippen molar-refractivity contribution in [2.45, 2.75) is 52.1 Å². The molecule has 1 heterocycles.